The minimum absolute atomic E-state index is 0.457. The van der Waals surface area contributed by atoms with Crippen LogP contribution in [0.5, 0.6) is 0 Å². The highest BCUT2D eigenvalue weighted by molar-refractivity contribution is 6.30. The average molecular weight is 268 g/mol. The van der Waals surface area contributed by atoms with Gasteiger partial charge in [0.1, 0.15) is 0 Å². The van der Waals surface area contributed by atoms with Crippen LogP contribution in [-0.2, 0) is 0 Å². The summed E-state index contributed by atoms with van der Waals surface area (Å²) in [6, 6.07) is 0.457. The van der Waals surface area contributed by atoms with Crippen LogP contribution in [0.4, 0.5) is 5.82 Å². The number of hydrogen-bond donors (Lipinski definition) is 1. The van der Waals surface area contributed by atoms with Gasteiger partial charge in [0.05, 0.1) is 0 Å². The number of nitrogens with zero attached hydrogens (tertiary/aromatic N) is 2. The van der Waals surface area contributed by atoms with Gasteiger partial charge in [-0.3, -0.25) is 0 Å². The van der Waals surface area contributed by atoms with Crippen molar-refractivity contribution in [2.45, 2.75) is 58.9 Å². The van der Waals surface area contributed by atoms with Crippen molar-refractivity contribution < 1.29 is 0 Å². The summed E-state index contributed by atoms with van der Waals surface area (Å²) >= 11 is 5.97. The molecule has 1 heterocycles. The van der Waals surface area contributed by atoms with Gasteiger partial charge in [-0.2, -0.15) is 0 Å². The van der Waals surface area contributed by atoms with Gasteiger partial charge in [-0.15, -0.1) is 10.2 Å². The second-order valence-corrected chi connectivity index (χ2v) is 5.78. The Labute approximate surface area is 114 Å². The zero-order valence-electron chi connectivity index (χ0n) is 11.5. The Kier molecular flexibility index (Phi) is 4.44. The molecule has 4 heteroatoms. The van der Waals surface area contributed by atoms with Crippen molar-refractivity contribution in [1.29, 1.82) is 0 Å². The van der Waals surface area contributed by atoms with Crippen molar-refractivity contribution >= 4 is 17.4 Å². The molecule has 1 aromatic heterocycles. The van der Waals surface area contributed by atoms with E-state index in [0.29, 0.717) is 11.2 Å². The van der Waals surface area contributed by atoms with Crippen LogP contribution < -0.4 is 5.32 Å². The van der Waals surface area contributed by atoms with Crippen LogP contribution in [0.15, 0.2) is 0 Å². The highest BCUT2D eigenvalue weighted by Gasteiger charge is 2.21. The van der Waals surface area contributed by atoms with Crippen LogP contribution >= 0.6 is 11.6 Å². The zero-order chi connectivity index (χ0) is 13.1. The van der Waals surface area contributed by atoms with E-state index in [1.54, 1.807) is 0 Å². The maximum atomic E-state index is 5.97. The third-order valence-corrected chi connectivity index (χ3v) is 4.55. The monoisotopic (exact) mass is 267 g/mol. The Morgan fingerprint density at radius 3 is 2.44 bits per heavy atom. The first-order valence-electron chi connectivity index (χ1n) is 6.85. The molecular weight excluding hydrogens is 246 g/mol. The van der Waals surface area contributed by atoms with E-state index in [4.69, 9.17) is 11.6 Å². The minimum atomic E-state index is 0.457. The van der Waals surface area contributed by atoms with Crippen molar-refractivity contribution in [3.8, 4) is 0 Å². The summed E-state index contributed by atoms with van der Waals surface area (Å²) in [6.45, 7) is 6.29. The lowest BCUT2D eigenvalue weighted by molar-refractivity contribution is 0.328. The SMILES string of the molecule is Cc1c(Cl)nnc(NC(C)C2CCCCC2)c1C. The highest BCUT2D eigenvalue weighted by Crippen LogP contribution is 2.29. The number of aromatic nitrogens is 2. The number of hydrogen-bond acceptors (Lipinski definition) is 3. The van der Waals surface area contributed by atoms with Crippen LogP contribution in [0.1, 0.15) is 50.2 Å². The fraction of sp³-hybridized carbons (Fsp3) is 0.714. The molecule has 1 atom stereocenters. The summed E-state index contributed by atoms with van der Waals surface area (Å²) in [5, 5.41) is 12.2. The van der Waals surface area contributed by atoms with Gasteiger partial charge in [0, 0.05) is 6.04 Å². The second kappa shape index (κ2) is 5.87. The first-order valence-corrected chi connectivity index (χ1v) is 7.23. The van der Waals surface area contributed by atoms with E-state index < -0.39 is 0 Å². The fourth-order valence-corrected chi connectivity index (χ4v) is 2.86. The van der Waals surface area contributed by atoms with Gasteiger partial charge < -0.3 is 5.32 Å². The molecule has 1 aromatic rings. The molecule has 0 bridgehead atoms. The molecule has 1 N–H and O–H groups in total. The zero-order valence-corrected chi connectivity index (χ0v) is 12.2. The predicted octanol–water partition coefficient (Wildman–Crippen LogP) is 4.13. The van der Waals surface area contributed by atoms with Crippen molar-refractivity contribution in [2.24, 2.45) is 5.92 Å². The molecule has 0 amide bonds. The van der Waals surface area contributed by atoms with Gasteiger partial charge in [-0.05, 0) is 50.7 Å². The predicted molar refractivity (Wildman–Crippen MR) is 76.2 cm³/mol. The van der Waals surface area contributed by atoms with Gasteiger partial charge in [-0.25, -0.2) is 0 Å². The van der Waals surface area contributed by atoms with Crippen LogP contribution in [0.2, 0.25) is 5.15 Å². The third kappa shape index (κ3) is 2.94. The molecule has 1 aliphatic rings. The minimum Gasteiger partial charge on any atom is -0.366 e. The molecule has 0 aromatic carbocycles. The van der Waals surface area contributed by atoms with E-state index in [-0.39, 0.29) is 0 Å². The molecule has 2 rings (SSSR count). The lowest BCUT2D eigenvalue weighted by Gasteiger charge is -2.29. The molecular formula is C14H22ClN3. The lowest BCUT2D eigenvalue weighted by atomic mass is 9.84. The summed E-state index contributed by atoms with van der Waals surface area (Å²) in [5.74, 6) is 1.64. The molecule has 0 radical (unpaired) electrons. The number of nitrogens with one attached hydrogen (secondary N) is 1. The van der Waals surface area contributed by atoms with Crippen LogP contribution in [0.3, 0.4) is 0 Å². The summed E-state index contributed by atoms with van der Waals surface area (Å²) in [5.41, 5.74) is 2.13. The molecule has 0 aliphatic heterocycles. The maximum absolute atomic E-state index is 5.97. The molecule has 0 saturated heterocycles. The van der Waals surface area contributed by atoms with E-state index in [1.165, 1.54) is 32.1 Å². The normalized spacial score (nSPS) is 18.7. The van der Waals surface area contributed by atoms with E-state index in [9.17, 15) is 0 Å². The quantitative estimate of drug-likeness (QED) is 0.895. The standard InChI is InChI=1S/C14H22ClN3/c1-9-10(2)14(18-17-13(9)15)16-11(3)12-7-5-4-6-8-12/h11-12H,4-8H2,1-3H3,(H,16,18). The topological polar surface area (TPSA) is 37.8 Å². The Bertz CT molecular complexity index is 414. The average Bonchev–Trinajstić information content (AvgIpc) is 2.40. The molecule has 18 heavy (non-hydrogen) atoms. The summed E-state index contributed by atoms with van der Waals surface area (Å²) in [4.78, 5) is 0. The number of rotatable bonds is 3. The van der Waals surface area contributed by atoms with E-state index in [2.05, 4.69) is 22.4 Å². The first kappa shape index (κ1) is 13.6. The molecule has 100 valence electrons. The van der Waals surface area contributed by atoms with Crippen molar-refractivity contribution in [1.82, 2.24) is 10.2 Å². The second-order valence-electron chi connectivity index (χ2n) is 5.42. The number of anilines is 1. The lowest BCUT2D eigenvalue weighted by Crippen LogP contribution is -2.28. The van der Waals surface area contributed by atoms with Crippen molar-refractivity contribution in [3.63, 3.8) is 0 Å². The number of halogens is 1. The Morgan fingerprint density at radius 1 is 1.11 bits per heavy atom. The highest BCUT2D eigenvalue weighted by atomic mass is 35.5. The molecule has 3 nitrogen and oxygen atoms in total. The van der Waals surface area contributed by atoms with E-state index in [0.717, 1.165) is 22.9 Å². The van der Waals surface area contributed by atoms with Gasteiger partial charge in [-0.1, -0.05) is 30.9 Å². The van der Waals surface area contributed by atoms with E-state index >= 15 is 0 Å². The van der Waals surface area contributed by atoms with Gasteiger partial charge in [0.2, 0.25) is 0 Å². The fourth-order valence-electron chi connectivity index (χ4n) is 2.68. The van der Waals surface area contributed by atoms with Gasteiger partial charge >= 0.3 is 0 Å². The molecule has 1 unspecified atom stereocenters. The van der Waals surface area contributed by atoms with Crippen molar-refractivity contribution in [3.05, 3.63) is 16.3 Å². The summed E-state index contributed by atoms with van der Waals surface area (Å²) in [7, 11) is 0. The van der Waals surface area contributed by atoms with Gasteiger partial charge in [0.15, 0.2) is 11.0 Å². The van der Waals surface area contributed by atoms with Crippen LogP contribution in [-0.4, -0.2) is 16.2 Å². The molecule has 1 aliphatic carbocycles. The molecule has 1 fully saturated rings. The summed E-state index contributed by atoms with van der Waals surface area (Å²) < 4.78 is 0. The Balaban J connectivity index is 2.06. The maximum Gasteiger partial charge on any atom is 0.155 e. The Hall–Kier alpha value is -0.830. The molecule has 1 saturated carbocycles. The Morgan fingerprint density at radius 2 is 1.78 bits per heavy atom. The first-order chi connectivity index (χ1) is 8.59. The van der Waals surface area contributed by atoms with E-state index in [1.807, 2.05) is 13.8 Å². The third-order valence-electron chi connectivity index (χ3n) is 4.19. The van der Waals surface area contributed by atoms with Crippen LogP contribution in [0, 0.1) is 19.8 Å². The summed E-state index contributed by atoms with van der Waals surface area (Å²) in [6.07, 6.45) is 6.77. The van der Waals surface area contributed by atoms with Gasteiger partial charge in [0.25, 0.3) is 0 Å². The van der Waals surface area contributed by atoms with Crippen molar-refractivity contribution in [2.75, 3.05) is 5.32 Å². The molecule has 0 spiro atoms. The largest absolute Gasteiger partial charge is 0.366 e. The smallest absolute Gasteiger partial charge is 0.155 e. The van der Waals surface area contributed by atoms with Crippen LogP contribution in [0.25, 0.3) is 0 Å².